The Morgan fingerprint density at radius 2 is 1.77 bits per heavy atom. The number of hydrogen-bond acceptors (Lipinski definition) is 7. The van der Waals surface area contributed by atoms with Gasteiger partial charge in [0, 0.05) is 59.9 Å². The summed E-state index contributed by atoms with van der Waals surface area (Å²) in [4.78, 5) is 6.25. The second-order valence-corrected chi connectivity index (χ2v) is 13.0. The number of ether oxygens (including phenoxy) is 2. The maximum atomic E-state index is 12.4. The van der Waals surface area contributed by atoms with Crippen LogP contribution in [0.15, 0.2) is 61.2 Å². The molecule has 3 aromatic rings. The fraction of sp³-hybridized carbons (Fsp3) is 0.444. The van der Waals surface area contributed by atoms with E-state index in [0.29, 0.717) is 48.5 Å². The zero-order valence-electron chi connectivity index (χ0n) is 22.0. The maximum Gasteiger partial charge on any atom is 0.216 e. The topological polar surface area (TPSA) is 97.1 Å². The van der Waals surface area contributed by atoms with Crippen LogP contribution in [-0.4, -0.2) is 78.1 Å². The van der Waals surface area contributed by atoms with Crippen molar-refractivity contribution in [3.05, 3.63) is 76.8 Å². The molecule has 9 nitrogen and oxygen atoms in total. The number of piperazine rings is 1. The number of rotatable bonds is 12. The van der Waals surface area contributed by atoms with E-state index in [-0.39, 0.29) is 13.2 Å². The highest BCUT2D eigenvalue weighted by molar-refractivity contribution is 7.89. The lowest BCUT2D eigenvalue weighted by Crippen LogP contribution is -2.50. The first-order chi connectivity index (χ1) is 18.7. The lowest BCUT2D eigenvalue weighted by Gasteiger charge is -2.36. The van der Waals surface area contributed by atoms with Gasteiger partial charge in [-0.2, -0.15) is 4.31 Å². The molecule has 2 heterocycles. The van der Waals surface area contributed by atoms with Gasteiger partial charge >= 0.3 is 0 Å². The number of aromatic nitrogens is 2. The third-order valence-electron chi connectivity index (χ3n) is 6.64. The van der Waals surface area contributed by atoms with Crippen molar-refractivity contribution in [3.8, 4) is 5.75 Å². The summed E-state index contributed by atoms with van der Waals surface area (Å²) in [6, 6.07) is 12.9. The number of halogens is 2. The van der Waals surface area contributed by atoms with Gasteiger partial charge in [0.1, 0.15) is 24.6 Å². The van der Waals surface area contributed by atoms with E-state index in [2.05, 4.69) is 9.88 Å². The van der Waals surface area contributed by atoms with Crippen LogP contribution in [0.25, 0.3) is 0 Å². The average Bonchev–Trinajstić information content (AvgIpc) is 3.44. The Morgan fingerprint density at radius 3 is 2.36 bits per heavy atom. The Labute approximate surface area is 239 Å². The number of hydrogen-bond donors (Lipinski definition) is 1. The van der Waals surface area contributed by atoms with Crippen molar-refractivity contribution in [2.75, 3.05) is 44.3 Å². The van der Waals surface area contributed by atoms with E-state index in [9.17, 15) is 13.5 Å². The molecule has 0 radical (unpaired) electrons. The van der Waals surface area contributed by atoms with Crippen LogP contribution in [0, 0.1) is 0 Å². The monoisotopic (exact) mass is 596 g/mol. The van der Waals surface area contributed by atoms with E-state index < -0.39 is 27.5 Å². The third kappa shape index (κ3) is 7.65. The number of aliphatic hydroxyl groups excluding tert-OH is 1. The van der Waals surface area contributed by atoms with Crippen molar-refractivity contribution in [1.29, 1.82) is 0 Å². The van der Waals surface area contributed by atoms with Crippen molar-refractivity contribution < 1.29 is 23.0 Å². The number of aliphatic hydroxyl groups is 1. The zero-order valence-corrected chi connectivity index (χ0v) is 24.3. The van der Waals surface area contributed by atoms with E-state index in [0.717, 1.165) is 11.3 Å². The van der Waals surface area contributed by atoms with Crippen molar-refractivity contribution in [3.63, 3.8) is 0 Å². The average molecular weight is 598 g/mol. The minimum atomic E-state index is -3.24. The number of anilines is 1. The van der Waals surface area contributed by atoms with E-state index in [4.69, 9.17) is 32.7 Å². The first-order valence-corrected chi connectivity index (χ1v) is 15.1. The van der Waals surface area contributed by atoms with Crippen molar-refractivity contribution in [2.45, 2.75) is 37.9 Å². The van der Waals surface area contributed by atoms with Gasteiger partial charge in [-0.1, -0.05) is 29.3 Å². The predicted octanol–water partition coefficient (Wildman–Crippen LogP) is 4.25. The fourth-order valence-electron chi connectivity index (χ4n) is 4.37. The number of nitrogens with zero attached hydrogens (tertiary/aromatic N) is 4. The molecule has 39 heavy (non-hydrogen) atoms. The van der Waals surface area contributed by atoms with Crippen LogP contribution in [0.2, 0.25) is 10.0 Å². The largest absolute Gasteiger partial charge is 0.491 e. The summed E-state index contributed by atoms with van der Waals surface area (Å²) in [5.41, 5.74) is 1.75. The van der Waals surface area contributed by atoms with Crippen LogP contribution in [0.3, 0.4) is 0 Å². The van der Waals surface area contributed by atoms with Crippen LogP contribution in [0.4, 0.5) is 5.69 Å². The number of imidazole rings is 1. The van der Waals surface area contributed by atoms with Crippen LogP contribution >= 0.6 is 23.2 Å². The summed E-state index contributed by atoms with van der Waals surface area (Å²) in [5.74, 6) is 0.637. The lowest BCUT2D eigenvalue weighted by atomic mass is 10.1. The Hall–Kier alpha value is -2.34. The molecular weight excluding hydrogens is 563 g/mol. The third-order valence-corrected chi connectivity index (χ3v) is 9.48. The quantitative estimate of drug-likeness (QED) is 0.334. The highest BCUT2D eigenvalue weighted by Gasteiger charge is 2.29. The van der Waals surface area contributed by atoms with Gasteiger partial charge < -0.3 is 24.0 Å². The maximum absolute atomic E-state index is 12.4. The molecule has 0 spiro atoms. The van der Waals surface area contributed by atoms with E-state index >= 15 is 0 Å². The normalized spacial score (nSPS) is 16.4. The lowest BCUT2D eigenvalue weighted by molar-refractivity contribution is -0.0658. The minimum absolute atomic E-state index is 0.132. The van der Waals surface area contributed by atoms with Crippen molar-refractivity contribution >= 4 is 38.9 Å². The van der Waals surface area contributed by atoms with Gasteiger partial charge in [-0.05, 0) is 50.2 Å². The Morgan fingerprint density at radius 1 is 1.05 bits per heavy atom. The highest BCUT2D eigenvalue weighted by Crippen LogP contribution is 2.31. The van der Waals surface area contributed by atoms with Gasteiger partial charge in [-0.25, -0.2) is 13.4 Å². The summed E-state index contributed by atoms with van der Waals surface area (Å²) in [6.07, 6.45) is 4.13. The summed E-state index contributed by atoms with van der Waals surface area (Å²) >= 11 is 12.5. The van der Waals surface area contributed by atoms with E-state index in [1.165, 1.54) is 0 Å². The molecule has 2 unspecified atom stereocenters. The molecule has 12 heteroatoms. The van der Waals surface area contributed by atoms with Crippen molar-refractivity contribution in [1.82, 2.24) is 13.9 Å². The number of benzene rings is 2. The first kappa shape index (κ1) is 29.6. The smallest absolute Gasteiger partial charge is 0.216 e. The molecule has 1 saturated heterocycles. The van der Waals surface area contributed by atoms with Gasteiger partial charge in [-0.15, -0.1) is 0 Å². The predicted molar refractivity (Wildman–Crippen MR) is 153 cm³/mol. The Balaban J connectivity index is 1.35. The van der Waals surface area contributed by atoms with Gasteiger partial charge in [-0.3, -0.25) is 0 Å². The molecule has 2 aromatic carbocycles. The van der Waals surface area contributed by atoms with Crippen LogP contribution < -0.4 is 9.64 Å². The van der Waals surface area contributed by atoms with Crippen molar-refractivity contribution in [2.24, 2.45) is 0 Å². The van der Waals surface area contributed by atoms with E-state index in [1.807, 2.05) is 41.1 Å². The minimum Gasteiger partial charge on any atom is -0.491 e. The second-order valence-electron chi connectivity index (χ2n) is 9.64. The molecule has 1 aromatic heterocycles. The molecule has 0 aliphatic carbocycles. The molecule has 1 N–H and O–H groups in total. The molecule has 1 aliphatic heterocycles. The summed E-state index contributed by atoms with van der Waals surface area (Å²) in [7, 11) is -3.24. The molecule has 212 valence electrons. The van der Waals surface area contributed by atoms with Gasteiger partial charge in [0.25, 0.3) is 0 Å². The van der Waals surface area contributed by atoms with Gasteiger partial charge in [0.15, 0.2) is 0 Å². The molecular formula is C27H34Cl2N4O5S. The summed E-state index contributed by atoms with van der Waals surface area (Å²) < 4.78 is 40.5. The van der Waals surface area contributed by atoms with E-state index in [1.54, 1.807) is 42.8 Å². The SMILES string of the molecule is CC(C)S(=O)(=O)N1CCN(c2ccc(OCC(CO)OC(Cn3ccnc3)c3ccc(Cl)cc3Cl)cc2)CC1. The standard InChI is InChI=1S/C27H34Cl2N4O5S/c1-20(2)39(35,36)33-13-11-32(12-14-33)22-4-6-23(7-5-22)37-18-24(17-34)38-27(16-31-10-9-30-19-31)25-8-3-21(28)15-26(25)29/h3-10,15,19-20,24,27,34H,11-14,16-18H2,1-2H3. The molecule has 0 bridgehead atoms. The molecule has 0 amide bonds. The molecule has 4 rings (SSSR count). The zero-order chi connectivity index (χ0) is 28.0. The molecule has 1 aliphatic rings. The highest BCUT2D eigenvalue weighted by atomic mass is 35.5. The number of sulfonamides is 1. The molecule has 1 fully saturated rings. The summed E-state index contributed by atoms with van der Waals surface area (Å²) in [6.45, 7) is 5.92. The summed E-state index contributed by atoms with van der Waals surface area (Å²) in [5, 5.41) is 10.6. The Kier molecular flexibility index (Phi) is 10.1. The van der Waals surface area contributed by atoms with Gasteiger partial charge in [0.05, 0.1) is 24.7 Å². The second kappa shape index (κ2) is 13.3. The molecule has 0 saturated carbocycles. The van der Waals surface area contributed by atoms with Crippen LogP contribution in [0.5, 0.6) is 5.75 Å². The van der Waals surface area contributed by atoms with Crippen LogP contribution in [0.1, 0.15) is 25.5 Å². The molecule has 2 atom stereocenters. The van der Waals surface area contributed by atoms with Crippen LogP contribution in [-0.2, 0) is 21.3 Å². The first-order valence-electron chi connectivity index (χ1n) is 12.8. The van der Waals surface area contributed by atoms with Gasteiger partial charge in [0.2, 0.25) is 10.0 Å². The fourth-order valence-corrected chi connectivity index (χ4v) is 6.17. The Bertz CT molecular complexity index is 1300.